The van der Waals surface area contributed by atoms with Crippen LogP contribution in [0.5, 0.6) is 0 Å². The Balaban J connectivity index is 2.52. The van der Waals surface area contributed by atoms with Gasteiger partial charge in [-0.1, -0.05) is 19.1 Å². The smallest absolute Gasteiger partial charge is 0.305 e. The highest BCUT2D eigenvalue weighted by atomic mass is 16.5. The summed E-state index contributed by atoms with van der Waals surface area (Å²) in [6.07, 6.45) is 7.72. The Morgan fingerprint density at radius 3 is 2.88 bits per heavy atom. The number of methoxy groups -OCH3 is 1. The molecule has 1 fully saturated rings. The summed E-state index contributed by atoms with van der Waals surface area (Å²) < 4.78 is 4.65. The predicted octanol–water partition coefficient (Wildman–Crippen LogP) is 2.50. The first kappa shape index (κ1) is 12.9. The third-order valence-corrected chi connectivity index (χ3v) is 3.19. The number of carbonyl (C=O) groups excluding carboxylic acids is 2. The molecule has 3 nitrogen and oxygen atoms in total. The summed E-state index contributed by atoms with van der Waals surface area (Å²) in [5.74, 6) is 0.308. The molecule has 1 rings (SSSR count). The van der Waals surface area contributed by atoms with Gasteiger partial charge in [-0.05, 0) is 25.2 Å². The van der Waals surface area contributed by atoms with Crippen LogP contribution < -0.4 is 0 Å². The summed E-state index contributed by atoms with van der Waals surface area (Å²) >= 11 is 0. The number of rotatable bonds is 5. The Bertz CT molecular complexity index is 281. The lowest BCUT2D eigenvalue weighted by Gasteiger charge is -2.15. The molecule has 1 saturated carbocycles. The van der Waals surface area contributed by atoms with Crippen molar-refractivity contribution in [2.75, 3.05) is 7.11 Å². The molecular weight excluding hydrogens is 204 g/mol. The maximum atomic E-state index is 11.7. The Labute approximate surface area is 96.9 Å². The molecule has 16 heavy (non-hydrogen) atoms. The monoisotopic (exact) mass is 224 g/mol. The largest absolute Gasteiger partial charge is 0.469 e. The van der Waals surface area contributed by atoms with Gasteiger partial charge in [-0.15, -0.1) is 0 Å². The number of hydrogen-bond donors (Lipinski definition) is 0. The third kappa shape index (κ3) is 3.47. The molecule has 0 heterocycles. The molecule has 0 aromatic carbocycles. The van der Waals surface area contributed by atoms with Gasteiger partial charge in [-0.2, -0.15) is 0 Å². The lowest BCUT2D eigenvalue weighted by molar-refractivity contribution is -0.142. The average molecular weight is 224 g/mol. The molecule has 2 atom stereocenters. The number of ether oxygens (including phenoxy) is 1. The van der Waals surface area contributed by atoms with Gasteiger partial charge >= 0.3 is 5.97 Å². The average Bonchev–Trinajstić information content (AvgIpc) is 2.61. The fourth-order valence-corrected chi connectivity index (χ4v) is 2.25. The molecule has 0 amide bonds. The zero-order chi connectivity index (χ0) is 12.0. The van der Waals surface area contributed by atoms with Crippen LogP contribution in [0.1, 0.15) is 39.0 Å². The van der Waals surface area contributed by atoms with Gasteiger partial charge in [0.25, 0.3) is 0 Å². The molecule has 0 aromatic rings. The van der Waals surface area contributed by atoms with Gasteiger partial charge in [0.2, 0.25) is 0 Å². The van der Waals surface area contributed by atoms with Crippen LogP contribution in [-0.4, -0.2) is 18.9 Å². The topological polar surface area (TPSA) is 43.4 Å². The highest BCUT2D eigenvalue weighted by Crippen LogP contribution is 2.34. The van der Waals surface area contributed by atoms with Gasteiger partial charge in [0.1, 0.15) is 5.78 Å². The minimum absolute atomic E-state index is 0.0295. The van der Waals surface area contributed by atoms with Crippen LogP contribution >= 0.6 is 0 Å². The summed E-state index contributed by atoms with van der Waals surface area (Å²) in [7, 11) is 1.39. The fraction of sp³-hybridized carbons (Fsp3) is 0.692. The number of esters is 1. The van der Waals surface area contributed by atoms with Gasteiger partial charge in [-0.25, -0.2) is 0 Å². The zero-order valence-corrected chi connectivity index (χ0v) is 10.1. The third-order valence-electron chi connectivity index (χ3n) is 3.19. The molecule has 0 unspecified atom stereocenters. The molecule has 3 heteroatoms. The van der Waals surface area contributed by atoms with Crippen molar-refractivity contribution in [1.29, 1.82) is 0 Å². The molecule has 0 saturated heterocycles. The second-order valence-corrected chi connectivity index (χ2v) is 4.27. The van der Waals surface area contributed by atoms with Gasteiger partial charge in [0.15, 0.2) is 0 Å². The minimum Gasteiger partial charge on any atom is -0.469 e. The number of carbonyl (C=O) groups is 2. The van der Waals surface area contributed by atoms with Gasteiger partial charge in [0.05, 0.1) is 7.11 Å². The molecule has 0 aromatic heterocycles. The van der Waals surface area contributed by atoms with E-state index in [1.54, 1.807) is 0 Å². The van der Waals surface area contributed by atoms with Crippen LogP contribution in [-0.2, 0) is 14.3 Å². The van der Waals surface area contributed by atoms with E-state index < -0.39 is 0 Å². The molecule has 1 aliphatic carbocycles. The van der Waals surface area contributed by atoms with Crippen molar-refractivity contribution >= 4 is 11.8 Å². The fourth-order valence-electron chi connectivity index (χ4n) is 2.25. The van der Waals surface area contributed by atoms with Crippen LogP contribution in [0, 0.1) is 11.8 Å². The van der Waals surface area contributed by atoms with Crippen molar-refractivity contribution < 1.29 is 14.3 Å². The molecule has 0 aliphatic heterocycles. The van der Waals surface area contributed by atoms with Crippen LogP contribution in [0.15, 0.2) is 12.2 Å². The molecule has 90 valence electrons. The predicted molar refractivity (Wildman–Crippen MR) is 61.9 cm³/mol. The first-order chi connectivity index (χ1) is 7.69. The highest BCUT2D eigenvalue weighted by molar-refractivity contribution is 5.84. The van der Waals surface area contributed by atoms with Gasteiger partial charge < -0.3 is 4.74 Å². The molecule has 0 spiro atoms. The standard InChI is InChI=1S/C13H20O3/c1-3-4-5-6-11-10(7-8-12(11)14)9-13(15)16-2/h4-5,10-11H,3,6-9H2,1-2H3/b5-4-/t10-,11+/m0/s1. The lowest BCUT2D eigenvalue weighted by atomic mass is 9.89. The lowest BCUT2D eigenvalue weighted by Crippen LogP contribution is -2.18. The number of allylic oxidation sites excluding steroid dienone is 2. The van der Waals surface area contributed by atoms with E-state index in [4.69, 9.17) is 0 Å². The minimum atomic E-state index is -0.204. The Morgan fingerprint density at radius 1 is 1.50 bits per heavy atom. The van der Waals surface area contributed by atoms with E-state index >= 15 is 0 Å². The highest BCUT2D eigenvalue weighted by Gasteiger charge is 2.34. The van der Waals surface area contributed by atoms with Crippen molar-refractivity contribution in [3.63, 3.8) is 0 Å². The first-order valence-electron chi connectivity index (χ1n) is 5.93. The number of Topliss-reactive ketones (excluding diaryl/α,β-unsaturated/α-hetero) is 1. The van der Waals surface area contributed by atoms with Gasteiger partial charge in [0, 0.05) is 18.8 Å². The van der Waals surface area contributed by atoms with E-state index in [1.807, 2.05) is 0 Å². The van der Waals surface area contributed by atoms with Crippen LogP contribution in [0.25, 0.3) is 0 Å². The second-order valence-electron chi connectivity index (χ2n) is 4.27. The molecule has 0 N–H and O–H groups in total. The van der Waals surface area contributed by atoms with Crippen molar-refractivity contribution in [1.82, 2.24) is 0 Å². The van der Waals surface area contributed by atoms with Crippen molar-refractivity contribution in [2.24, 2.45) is 11.8 Å². The second kappa shape index (κ2) is 6.46. The van der Waals surface area contributed by atoms with Crippen molar-refractivity contribution in [3.05, 3.63) is 12.2 Å². The van der Waals surface area contributed by atoms with Crippen LogP contribution in [0.2, 0.25) is 0 Å². The summed E-state index contributed by atoms with van der Waals surface area (Å²) in [5.41, 5.74) is 0. The van der Waals surface area contributed by atoms with Crippen molar-refractivity contribution in [3.8, 4) is 0 Å². The Morgan fingerprint density at radius 2 is 2.25 bits per heavy atom. The SMILES string of the molecule is CC/C=C\C[C@H]1C(=O)CC[C@H]1CC(=O)OC. The van der Waals surface area contributed by atoms with E-state index in [1.165, 1.54) is 7.11 Å². The maximum absolute atomic E-state index is 11.7. The molecule has 0 bridgehead atoms. The van der Waals surface area contributed by atoms with Crippen LogP contribution in [0.3, 0.4) is 0 Å². The van der Waals surface area contributed by atoms with E-state index in [0.29, 0.717) is 18.6 Å². The molecular formula is C13H20O3. The maximum Gasteiger partial charge on any atom is 0.305 e. The van der Waals surface area contributed by atoms with E-state index in [0.717, 1.165) is 19.3 Å². The summed E-state index contributed by atoms with van der Waals surface area (Å²) in [6, 6.07) is 0. The Hall–Kier alpha value is -1.12. The first-order valence-corrected chi connectivity index (χ1v) is 5.93. The van der Waals surface area contributed by atoms with E-state index in [9.17, 15) is 9.59 Å². The Kier molecular flexibility index (Phi) is 5.23. The zero-order valence-electron chi connectivity index (χ0n) is 10.1. The van der Waals surface area contributed by atoms with Gasteiger partial charge in [-0.3, -0.25) is 9.59 Å². The van der Waals surface area contributed by atoms with E-state index in [-0.39, 0.29) is 17.8 Å². The summed E-state index contributed by atoms with van der Waals surface area (Å²) in [6.45, 7) is 2.07. The van der Waals surface area contributed by atoms with Crippen molar-refractivity contribution in [2.45, 2.75) is 39.0 Å². The number of ketones is 1. The van der Waals surface area contributed by atoms with E-state index in [2.05, 4.69) is 23.8 Å². The molecule has 0 radical (unpaired) electrons. The number of hydrogen-bond acceptors (Lipinski definition) is 3. The normalized spacial score (nSPS) is 25.2. The molecule has 1 aliphatic rings. The van der Waals surface area contributed by atoms with Crippen LogP contribution in [0.4, 0.5) is 0 Å². The summed E-state index contributed by atoms with van der Waals surface area (Å²) in [4.78, 5) is 22.9. The quantitative estimate of drug-likeness (QED) is 0.532. The summed E-state index contributed by atoms with van der Waals surface area (Å²) in [5, 5.41) is 0.